The second-order valence-corrected chi connectivity index (χ2v) is 5.60. The lowest BCUT2D eigenvalue weighted by atomic mass is 10.0. The maximum atomic E-state index is 12.3. The van der Waals surface area contributed by atoms with Gasteiger partial charge in [-0.2, -0.15) is 0 Å². The number of nitrogens with one attached hydrogen (secondary N) is 1. The number of hydrogen-bond acceptors (Lipinski definition) is 3. The lowest BCUT2D eigenvalue weighted by Gasteiger charge is -2.35. The number of likely N-dealkylation sites (tertiary alicyclic amines) is 1. The molecule has 1 unspecified atom stereocenters. The molecule has 1 aromatic carbocycles. The third-order valence-corrected chi connectivity index (χ3v) is 4.24. The zero-order valence-corrected chi connectivity index (χ0v) is 12.4. The highest BCUT2D eigenvalue weighted by molar-refractivity contribution is 5.74. The van der Waals surface area contributed by atoms with Crippen molar-refractivity contribution in [2.45, 2.75) is 45.2 Å². The van der Waals surface area contributed by atoms with E-state index in [1.54, 1.807) is 0 Å². The van der Waals surface area contributed by atoms with Gasteiger partial charge >= 0.3 is 6.03 Å². The highest BCUT2D eigenvalue weighted by atomic mass is 16.7. The van der Waals surface area contributed by atoms with Gasteiger partial charge < -0.3 is 19.7 Å². The van der Waals surface area contributed by atoms with E-state index in [0.717, 1.165) is 42.9 Å². The van der Waals surface area contributed by atoms with Crippen LogP contribution in [0.5, 0.6) is 11.5 Å². The third-order valence-electron chi connectivity index (χ3n) is 4.24. The van der Waals surface area contributed by atoms with Crippen LogP contribution in [0.4, 0.5) is 4.79 Å². The number of nitrogens with zero attached hydrogens (tertiary/aromatic N) is 1. The molecule has 0 saturated carbocycles. The van der Waals surface area contributed by atoms with E-state index in [0.29, 0.717) is 12.6 Å². The van der Waals surface area contributed by atoms with Crippen LogP contribution in [-0.4, -0.2) is 30.3 Å². The van der Waals surface area contributed by atoms with Crippen LogP contribution in [-0.2, 0) is 6.54 Å². The average molecular weight is 290 g/mol. The Balaban J connectivity index is 1.58. The van der Waals surface area contributed by atoms with Crippen molar-refractivity contribution in [3.05, 3.63) is 23.8 Å². The lowest BCUT2D eigenvalue weighted by Crippen LogP contribution is -2.48. The fraction of sp³-hybridized carbons (Fsp3) is 0.562. The van der Waals surface area contributed by atoms with Crippen molar-refractivity contribution in [2.24, 2.45) is 0 Å². The molecule has 1 aromatic rings. The predicted molar refractivity (Wildman–Crippen MR) is 79.4 cm³/mol. The SMILES string of the molecule is CCC1CCCCN1C(=O)NCc1ccc2c(c1)OCO2. The number of amides is 2. The molecule has 0 aliphatic carbocycles. The minimum absolute atomic E-state index is 0.0409. The second-order valence-electron chi connectivity index (χ2n) is 5.60. The summed E-state index contributed by atoms with van der Waals surface area (Å²) in [4.78, 5) is 14.3. The van der Waals surface area contributed by atoms with Crippen LogP contribution in [0.3, 0.4) is 0 Å². The van der Waals surface area contributed by atoms with Gasteiger partial charge in [0.15, 0.2) is 11.5 Å². The predicted octanol–water partition coefficient (Wildman–Crippen LogP) is 2.89. The molecule has 0 radical (unpaired) electrons. The van der Waals surface area contributed by atoms with Crippen molar-refractivity contribution in [3.63, 3.8) is 0 Å². The zero-order chi connectivity index (χ0) is 14.7. The molecule has 1 saturated heterocycles. The summed E-state index contributed by atoms with van der Waals surface area (Å²) in [5.74, 6) is 1.53. The number of hydrogen-bond donors (Lipinski definition) is 1. The Morgan fingerprint density at radius 1 is 1.33 bits per heavy atom. The fourth-order valence-corrected chi connectivity index (χ4v) is 3.02. The average Bonchev–Trinajstić information content (AvgIpc) is 3.00. The summed E-state index contributed by atoms with van der Waals surface area (Å²) < 4.78 is 10.6. The zero-order valence-electron chi connectivity index (χ0n) is 12.4. The quantitative estimate of drug-likeness (QED) is 0.931. The molecule has 1 atom stereocenters. The number of fused-ring (bicyclic) bond motifs is 1. The largest absolute Gasteiger partial charge is 0.454 e. The summed E-state index contributed by atoms with van der Waals surface area (Å²) in [5.41, 5.74) is 1.03. The van der Waals surface area contributed by atoms with E-state index in [1.807, 2.05) is 23.1 Å². The van der Waals surface area contributed by atoms with Crippen LogP contribution in [0.1, 0.15) is 38.2 Å². The number of carbonyl (C=O) groups excluding carboxylic acids is 1. The standard InChI is InChI=1S/C16H22N2O3/c1-2-13-5-3-4-8-18(13)16(19)17-10-12-6-7-14-15(9-12)21-11-20-14/h6-7,9,13H,2-5,8,10-11H2,1H3,(H,17,19). The summed E-state index contributed by atoms with van der Waals surface area (Å²) in [6.07, 6.45) is 4.48. The number of carbonyl (C=O) groups is 1. The van der Waals surface area contributed by atoms with Crippen molar-refractivity contribution < 1.29 is 14.3 Å². The van der Waals surface area contributed by atoms with Crippen LogP contribution in [0.2, 0.25) is 0 Å². The van der Waals surface area contributed by atoms with Crippen LogP contribution >= 0.6 is 0 Å². The van der Waals surface area contributed by atoms with Gasteiger partial charge in [-0.3, -0.25) is 0 Å². The molecular formula is C16H22N2O3. The smallest absolute Gasteiger partial charge is 0.317 e. The van der Waals surface area contributed by atoms with E-state index in [2.05, 4.69) is 12.2 Å². The van der Waals surface area contributed by atoms with Crippen molar-refractivity contribution in [1.29, 1.82) is 0 Å². The van der Waals surface area contributed by atoms with Gasteiger partial charge in [-0.15, -0.1) is 0 Å². The highest BCUT2D eigenvalue weighted by Gasteiger charge is 2.25. The summed E-state index contributed by atoms with van der Waals surface area (Å²) in [7, 11) is 0. The molecule has 1 N–H and O–H groups in total. The molecule has 2 aliphatic heterocycles. The van der Waals surface area contributed by atoms with Gasteiger partial charge in [-0.25, -0.2) is 4.79 Å². The van der Waals surface area contributed by atoms with Crippen molar-refractivity contribution in [2.75, 3.05) is 13.3 Å². The summed E-state index contributed by atoms with van der Waals surface area (Å²) in [6, 6.07) is 6.20. The molecule has 0 bridgehead atoms. The van der Waals surface area contributed by atoms with Crippen molar-refractivity contribution in [3.8, 4) is 11.5 Å². The van der Waals surface area contributed by atoms with E-state index in [9.17, 15) is 4.79 Å². The van der Waals surface area contributed by atoms with Crippen LogP contribution in [0, 0.1) is 0 Å². The Hall–Kier alpha value is -1.91. The number of urea groups is 1. The number of rotatable bonds is 3. The van der Waals surface area contributed by atoms with E-state index in [4.69, 9.17) is 9.47 Å². The molecule has 114 valence electrons. The first-order valence-electron chi connectivity index (χ1n) is 7.71. The molecule has 3 rings (SSSR count). The molecule has 5 heteroatoms. The van der Waals surface area contributed by atoms with E-state index in [-0.39, 0.29) is 12.8 Å². The Labute approximate surface area is 125 Å². The first-order valence-corrected chi connectivity index (χ1v) is 7.71. The topological polar surface area (TPSA) is 50.8 Å². The molecule has 2 amide bonds. The fourth-order valence-electron chi connectivity index (χ4n) is 3.02. The Bertz CT molecular complexity index is 518. The summed E-state index contributed by atoms with van der Waals surface area (Å²) in [6.45, 7) is 3.80. The molecule has 1 fully saturated rings. The van der Waals surface area contributed by atoms with Gasteiger partial charge in [0.2, 0.25) is 6.79 Å². The van der Waals surface area contributed by atoms with Crippen molar-refractivity contribution in [1.82, 2.24) is 10.2 Å². The van der Waals surface area contributed by atoms with Gasteiger partial charge in [-0.1, -0.05) is 13.0 Å². The minimum atomic E-state index is 0.0409. The third kappa shape index (κ3) is 3.06. The van der Waals surface area contributed by atoms with Gasteiger partial charge in [0, 0.05) is 19.1 Å². The van der Waals surface area contributed by atoms with Gasteiger partial charge in [0.05, 0.1) is 0 Å². The molecule has 2 aliphatic rings. The molecule has 0 aromatic heterocycles. The van der Waals surface area contributed by atoms with Crippen LogP contribution in [0.25, 0.3) is 0 Å². The normalized spacial score (nSPS) is 20.4. The Morgan fingerprint density at radius 2 is 2.19 bits per heavy atom. The lowest BCUT2D eigenvalue weighted by molar-refractivity contribution is 0.148. The number of piperidine rings is 1. The maximum Gasteiger partial charge on any atom is 0.317 e. The summed E-state index contributed by atoms with van der Waals surface area (Å²) in [5, 5.41) is 3.01. The monoisotopic (exact) mass is 290 g/mol. The van der Waals surface area contributed by atoms with Gasteiger partial charge in [-0.05, 0) is 43.4 Å². The van der Waals surface area contributed by atoms with Gasteiger partial charge in [0.1, 0.15) is 0 Å². The second kappa shape index (κ2) is 6.24. The first-order chi connectivity index (χ1) is 10.3. The number of ether oxygens (including phenoxy) is 2. The van der Waals surface area contributed by atoms with E-state index >= 15 is 0 Å². The molecule has 21 heavy (non-hydrogen) atoms. The van der Waals surface area contributed by atoms with Crippen LogP contribution < -0.4 is 14.8 Å². The van der Waals surface area contributed by atoms with Crippen LogP contribution in [0.15, 0.2) is 18.2 Å². The Kier molecular flexibility index (Phi) is 4.18. The molecule has 0 spiro atoms. The minimum Gasteiger partial charge on any atom is -0.454 e. The van der Waals surface area contributed by atoms with Gasteiger partial charge in [0.25, 0.3) is 0 Å². The van der Waals surface area contributed by atoms with E-state index in [1.165, 1.54) is 6.42 Å². The number of benzene rings is 1. The molecule has 2 heterocycles. The highest BCUT2D eigenvalue weighted by Crippen LogP contribution is 2.32. The molecular weight excluding hydrogens is 268 g/mol. The summed E-state index contributed by atoms with van der Waals surface area (Å²) >= 11 is 0. The van der Waals surface area contributed by atoms with E-state index < -0.39 is 0 Å². The first kappa shape index (κ1) is 14.0. The molecule has 5 nitrogen and oxygen atoms in total. The maximum absolute atomic E-state index is 12.3. The Morgan fingerprint density at radius 3 is 3.05 bits per heavy atom. The van der Waals surface area contributed by atoms with Crippen molar-refractivity contribution >= 4 is 6.03 Å².